The highest BCUT2D eigenvalue weighted by atomic mass is 32.2. The van der Waals surface area contributed by atoms with Crippen LogP contribution in [0.3, 0.4) is 0 Å². The minimum Gasteiger partial charge on any atom is -0.459 e. The van der Waals surface area contributed by atoms with Gasteiger partial charge < -0.3 is 9.64 Å². The molecule has 1 fully saturated rings. The SMILES string of the molecule is CC(=O)N1c2ccc(S(=O)(=O)N3CCCC3C(=O)OC(C)(C)C)cc2CC1C. The second-order valence-electron chi connectivity index (χ2n) is 8.54. The molecule has 0 bridgehead atoms. The smallest absolute Gasteiger partial charge is 0.324 e. The van der Waals surface area contributed by atoms with Crippen LogP contribution in [-0.2, 0) is 30.8 Å². The van der Waals surface area contributed by atoms with E-state index in [1.54, 1.807) is 37.8 Å². The highest BCUT2D eigenvalue weighted by Crippen LogP contribution is 2.36. The first-order valence-electron chi connectivity index (χ1n) is 9.59. The molecule has 0 aromatic heterocycles. The third-order valence-corrected chi connectivity index (χ3v) is 7.00. The molecular weight excluding hydrogens is 380 g/mol. The van der Waals surface area contributed by atoms with Gasteiger partial charge in [-0.3, -0.25) is 9.59 Å². The average Bonchev–Trinajstić information content (AvgIpc) is 3.16. The van der Waals surface area contributed by atoms with E-state index < -0.39 is 27.6 Å². The standard InChI is InChI=1S/C20H28N2O5S/c1-13-11-15-12-16(8-9-17(15)22(13)14(2)23)28(25,26)21-10-6-7-18(21)19(24)27-20(3,4)5/h8-9,12-13,18H,6-7,10-11H2,1-5H3. The molecule has 8 heteroatoms. The fourth-order valence-corrected chi connectivity index (χ4v) is 5.71. The van der Waals surface area contributed by atoms with E-state index in [4.69, 9.17) is 4.74 Å². The maximum atomic E-state index is 13.2. The van der Waals surface area contributed by atoms with Gasteiger partial charge in [0.05, 0.1) is 4.90 Å². The number of amides is 1. The minimum atomic E-state index is -3.84. The maximum Gasteiger partial charge on any atom is 0.324 e. The highest BCUT2D eigenvalue weighted by molar-refractivity contribution is 7.89. The number of rotatable bonds is 3. The third kappa shape index (κ3) is 3.80. The summed E-state index contributed by atoms with van der Waals surface area (Å²) in [6.07, 6.45) is 1.67. The van der Waals surface area contributed by atoms with Crippen molar-refractivity contribution in [2.45, 2.75) is 76.5 Å². The van der Waals surface area contributed by atoms with Crippen LogP contribution >= 0.6 is 0 Å². The van der Waals surface area contributed by atoms with Crippen LogP contribution in [0.1, 0.15) is 53.0 Å². The van der Waals surface area contributed by atoms with Crippen molar-refractivity contribution in [2.75, 3.05) is 11.4 Å². The number of nitrogens with zero attached hydrogens (tertiary/aromatic N) is 2. The van der Waals surface area contributed by atoms with E-state index >= 15 is 0 Å². The molecule has 1 saturated heterocycles. The fraction of sp³-hybridized carbons (Fsp3) is 0.600. The summed E-state index contributed by atoms with van der Waals surface area (Å²) < 4.78 is 33.2. The van der Waals surface area contributed by atoms with E-state index in [1.165, 1.54) is 17.3 Å². The number of carbonyl (C=O) groups is 2. The van der Waals surface area contributed by atoms with Crippen LogP contribution < -0.4 is 4.90 Å². The minimum absolute atomic E-state index is 0.00764. The second kappa shape index (κ2) is 7.15. The van der Waals surface area contributed by atoms with Gasteiger partial charge in [-0.1, -0.05) is 0 Å². The molecule has 2 aliphatic rings. The summed E-state index contributed by atoms with van der Waals surface area (Å²) in [5, 5.41) is 0. The zero-order valence-electron chi connectivity index (χ0n) is 17.1. The molecule has 3 rings (SSSR count). The molecule has 7 nitrogen and oxygen atoms in total. The Hall–Kier alpha value is -1.93. The molecule has 2 atom stereocenters. The number of fused-ring (bicyclic) bond motifs is 1. The van der Waals surface area contributed by atoms with Crippen LogP contribution in [-0.4, -0.2) is 48.8 Å². The number of esters is 1. The van der Waals surface area contributed by atoms with Crippen molar-refractivity contribution in [3.63, 3.8) is 0 Å². The Morgan fingerprint density at radius 1 is 1.21 bits per heavy atom. The molecule has 0 radical (unpaired) electrons. The summed E-state index contributed by atoms with van der Waals surface area (Å²) >= 11 is 0. The molecule has 2 heterocycles. The largest absolute Gasteiger partial charge is 0.459 e. The lowest BCUT2D eigenvalue weighted by Crippen LogP contribution is -2.43. The summed E-state index contributed by atoms with van der Waals surface area (Å²) in [6.45, 7) is 9.03. The van der Waals surface area contributed by atoms with Gasteiger partial charge in [0.25, 0.3) is 0 Å². The van der Waals surface area contributed by atoms with Crippen LogP contribution in [0.5, 0.6) is 0 Å². The van der Waals surface area contributed by atoms with Gasteiger partial charge in [0.1, 0.15) is 11.6 Å². The number of benzene rings is 1. The molecule has 154 valence electrons. The number of anilines is 1. The van der Waals surface area contributed by atoms with Gasteiger partial charge in [-0.2, -0.15) is 4.31 Å². The predicted molar refractivity (Wildman–Crippen MR) is 106 cm³/mol. The van der Waals surface area contributed by atoms with Gasteiger partial charge in [0.2, 0.25) is 15.9 Å². The van der Waals surface area contributed by atoms with Crippen molar-refractivity contribution in [2.24, 2.45) is 0 Å². The van der Waals surface area contributed by atoms with Gasteiger partial charge in [0.15, 0.2) is 0 Å². The van der Waals surface area contributed by atoms with E-state index in [9.17, 15) is 18.0 Å². The van der Waals surface area contributed by atoms with Crippen molar-refractivity contribution in [1.82, 2.24) is 4.31 Å². The second-order valence-corrected chi connectivity index (χ2v) is 10.4. The average molecular weight is 409 g/mol. The van der Waals surface area contributed by atoms with Crippen LogP contribution in [0, 0.1) is 0 Å². The topological polar surface area (TPSA) is 84.0 Å². The Labute approximate surface area is 166 Å². The van der Waals surface area contributed by atoms with Crippen molar-refractivity contribution in [1.29, 1.82) is 0 Å². The van der Waals surface area contributed by atoms with Crippen LogP contribution in [0.4, 0.5) is 5.69 Å². The molecular formula is C20H28N2O5S. The lowest BCUT2D eigenvalue weighted by atomic mass is 10.1. The third-order valence-electron chi connectivity index (χ3n) is 5.09. The van der Waals surface area contributed by atoms with E-state index in [0.29, 0.717) is 25.8 Å². The van der Waals surface area contributed by atoms with Gasteiger partial charge in [-0.15, -0.1) is 0 Å². The summed E-state index contributed by atoms with van der Waals surface area (Å²) in [5.74, 6) is -0.572. The normalized spacial score (nSPS) is 23.0. The monoisotopic (exact) mass is 408 g/mol. The number of ether oxygens (including phenoxy) is 1. The van der Waals surface area contributed by atoms with Crippen LogP contribution in [0.25, 0.3) is 0 Å². The van der Waals surface area contributed by atoms with E-state index in [-0.39, 0.29) is 16.8 Å². The lowest BCUT2D eigenvalue weighted by molar-refractivity contribution is -0.158. The fourth-order valence-electron chi connectivity index (χ4n) is 4.02. The van der Waals surface area contributed by atoms with Crippen LogP contribution in [0.2, 0.25) is 0 Å². The van der Waals surface area contributed by atoms with E-state index in [0.717, 1.165) is 11.3 Å². The first-order chi connectivity index (χ1) is 12.9. The van der Waals surface area contributed by atoms with Crippen molar-refractivity contribution in [3.8, 4) is 0 Å². The van der Waals surface area contributed by atoms with Gasteiger partial charge >= 0.3 is 5.97 Å². The molecule has 0 aliphatic carbocycles. The molecule has 0 spiro atoms. The Morgan fingerprint density at radius 3 is 2.50 bits per heavy atom. The molecule has 0 N–H and O–H groups in total. The molecule has 0 saturated carbocycles. The van der Waals surface area contributed by atoms with Crippen molar-refractivity contribution >= 4 is 27.6 Å². The zero-order chi connectivity index (χ0) is 20.9. The summed E-state index contributed by atoms with van der Waals surface area (Å²) in [6, 6.07) is 4.03. The van der Waals surface area contributed by atoms with E-state index in [2.05, 4.69) is 0 Å². The van der Waals surface area contributed by atoms with Crippen LogP contribution in [0.15, 0.2) is 23.1 Å². The molecule has 1 amide bonds. The lowest BCUT2D eigenvalue weighted by Gasteiger charge is -2.27. The zero-order valence-corrected chi connectivity index (χ0v) is 17.9. The Balaban J connectivity index is 1.90. The number of hydrogen-bond donors (Lipinski definition) is 0. The van der Waals surface area contributed by atoms with E-state index in [1.807, 2.05) is 6.92 Å². The molecule has 2 unspecified atom stereocenters. The number of carbonyl (C=O) groups excluding carboxylic acids is 2. The predicted octanol–water partition coefficient (Wildman–Crippen LogP) is 2.48. The number of sulfonamides is 1. The quantitative estimate of drug-likeness (QED) is 0.718. The molecule has 1 aromatic rings. The summed E-state index contributed by atoms with van der Waals surface area (Å²) in [4.78, 5) is 26.3. The van der Waals surface area contributed by atoms with Crippen molar-refractivity contribution < 1.29 is 22.7 Å². The Kier molecular flexibility index (Phi) is 5.31. The highest BCUT2D eigenvalue weighted by Gasteiger charge is 2.42. The summed E-state index contributed by atoms with van der Waals surface area (Å²) in [5.41, 5.74) is 0.912. The van der Waals surface area contributed by atoms with Gasteiger partial charge in [0, 0.05) is 25.2 Å². The Morgan fingerprint density at radius 2 is 1.89 bits per heavy atom. The molecule has 28 heavy (non-hydrogen) atoms. The van der Waals surface area contributed by atoms with Crippen molar-refractivity contribution in [3.05, 3.63) is 23.8 Å². The summed E-state index contributed by atoms with van der Waals surface area (Å²) in [7, 11) is -3.84. The van der Waals surface area contributed by atoms with Gasteiger partial charge in [-0.25, -0.2) is 8.42 Å². The molecule has 2 aliphatic heterocycles. The first-order valence-corrected chi connectivity index (χ1v) is 11.0. The number of hydrogen-bond acceptors (Lipinski definition) is 5. The first kappa shape index (κ1) is 20.8. The van der Waals surface area contributed by atoms with Gasteiger partial charge in [-0.05, 0) is 70.7 Å². The Bertz CT molecular complexity index is 904. The molecule has 1 aromatic carbocycles. The maximum absolute atomic E-state index is 13.2.